The highest BCUT2D eigenvalue weighted by atomic mass is 19.1. The van der Waals surface area contributed by atoms with Crippen LogP contribution in [0.1, 0.15) is 26.1 Å². The summed E-state index contributed by atoms with van der Waals surface area (Å²) in [6.07, 6.45) is 5.40. The molecule has 2 N–H and O–H groups in total. The van der Waals surface area contributed by atoms with E-state index in [9.17, 15) is 0 Å². The van der Waals surface area contributed by atoms with E-state index in [4.69, 9.17) is 0 Å². The molecule has 5 heterocycles. The number of rotatable bonds is 4. The van der Waals surface area contributed by atoms with Crippen LogP contribution in [0.25, 0.3) is 22.3 Å². The Bertz CT molecular complexity index is 1360. The van der Waals surface area contributed by atoms with E-state index in [1.165, 1.54) is 6.07 Å². The summed E-state index contributed by atoms with van der Waals surface area (Å²) in [6, 6.07) is 9.25. The van der Waals surface area contributed by atoms with E-state index in [1.807, 2.05) is 18.3 Å². The molecule has 174 valence electrons. The van der Waals surface area contributed by atoms with Crippen molar-refractivity contribution in [3.8, 4) is 11.3 Å². The molecule has 2 aliphatic rings. The Morgan fingerprint density at radius 1 is 1.06 bits per heavy atom. The molecule has 2 aliphatic heterocycles. The summed E-state index contributed by atoms with van der Waals surface area (Å²) in [5, 5.41) is 6.53. The van der Waals surface area contributed by atoms with Crippen molar-refractivity contribution in [1.29, 1.82) is 0 Å². The number of aromatic nitrogens is 5. The molecular formula is C25H27FN8. The molecule has 8 nitrogen and oxygen atoms in total. The molecule has 1 fully saturated rings. The number of fused-ring (bicyclic) bond motifs is 3. The minimum Gasteiger partial charge on any atom is -0.368 e. The van der Waals surface area contributed by atoms with Crippen LogP contribution in [-0.4, -0.2) is 50.7 Å². The van der Waals surface area contributed by atoms with Crippen LogP contribution in [0.4, 0.5) is 21.8 Å². The number of hydrogen-bond acceptors (Lipinski definition) is 7. The molecule has 0 atom stereocenters. The molecule has 3 aromatic heterocycles. The second-order valence-corrected chi connectivity index (χ2v) is 9.53. The summed E-state index contributed by atoms with van der Waals surface area (Å²) in [5.74, 6) is 1.69. The minimum absolute atomic E-state index is 0.0872. The lowest BCUT2D eigenvalue weighted by molar-refractivity contribution is 0.386. The number of benzene rings is 1. The zero-order valence-corrected chi connectivity index (χ0v) is 19.3. The monoisotopic (exact) mass is 458 g/mol. The van der Waals surface area contributed by atoms with Gasteiger partial charge in [-0.3, -0.25) is 0 Å². The molecule has 6 rings (SSSR count). The van der Waals surface area contributed by atoms with Gasteiger partial charge in [0.2, 0.25) is 5.95 Å². The van der Waals surface area contributed by atoms with E-state index in [1.54, 1.807) is 12.3 Å². The lowest BCUT2D eigenvalue weighted by atomic mass is 10.0. The predicted molar refractivity (Wildman–Crippen MR) is 131 cm³/mol. The second kappa shape index (κ2) is 8.02. The molecule has 0 saturated carbocycles. The number of aryl methyl sites for hydroxylation is 1. The molecule has 0 radical (unpaired) electrons. The number of nitrogens with zero attached hydrogens (tertiary/aromatic N) is 6. The average molecular weight is 459 g/mol. The van der Waals surface area contributed by atoms with Gasteiger partial charge in [-0.2, -0.15) is 0 Å². The smallest absolute Gasteiger partial charge is 0.228 e. The van der Waals surface area contributed by atoms with E-state index in [-0.39, 0.29) is 11.4 Å². The van der Waals surface area contributed by atoms with E-state index >= 15 is 4.39 Å². The van der Waals surface area contributed by atoms with Crippen molar-refractivity contribution in [1.82, 2.24) is 29.8 Å². The highest BCUT2D eigenvalue weighted by molar-refractivity contribution is 5.83. The van der Waals surface area contributed by atoms with Crippen LogP contribution < -0.4 is 15.5 Å². The summed E-state index contributed by atoms with van der Waals surface area (Å²) >= 11 is 0. The van der Waals surface area contributed by atoms with E-state index in [2.05, 4.69) is 60.0 Å². The van der Waals surface area contributed by atoms with Gasteiger partial charge in [0.15, 0.2) is 5.82 Å². The Labute approximate surface area is 197 Å². The van der Waals surface area contributed by atoms with Gasteiger partial charge in [0, 0.05) is 49.9 Å². The van der Waals surface area contributed by atoms with E-state index < -0.39 is 0 Å². The predicted octanol–water partition coefficient (Wildman–Crippen LogP) is 3.86. The fourth-order valence-corrected chi connectivity index (χ4v) is 4.97. The SMILES string of the molecule is CC1(C)CCc2nc3c(F)cc(-c4ccnc(Nc5ccc(N6CCNCC6)cn5)n4)cc3n21. The molecule has 0 aliphatic carbocycles. The number of nitrogens with one attached hydrogen (secondary N) is 2. The molecule has 9 heteroatoms. The van der Waals surface area contributed by atoms with Crippen molar-refractivity contribution >= 4 is 28.5 Å². The van der Waals surface area contributed by atoms with Gasteiger partial charge in [-0.05, 0) is 50.6 Å². The van der Waals surface area contributed by atoms with Gasteiger partial charge >= 0.3 is 0 Å². The first-order valence-corrected chi connectivity index (χ1v) is 11.7. The van der Waals surface area contributed by atoms with Gasteiger partial charge in [0.1, 0.15) is 17.2 Å². The molecular weight excluding hydrogens is 431 g/mol. The zero-order chi connectivity index (χ0) is 23.3. The van der Waals surface area contributed by atoms with Crippen LogP contribution >= 0.6 is 0 Å². The van der Waals surface area contributed by atoms with Gasteiger partial charge in [-0.15, -0.1) is 0 Å². The highest BCUT2D eigenvalue weighted by Crippen LogP contribution is 2.37. The van der Waals surface area contributed by atoms with Gasteiger partial charge in [0.25, 0.3) is 0 Å². The number of pyridine rings is 1. The summed E-state index contributed by atoms with van der Waals surface area (Å²) in [7, 11) is 0. The van der Waals surface area contributed by atoms with Crippen molar-refractivity contribution in [2.24, 2.45) is 0 Å². The van der Waals surface area contributed by atoms with E-state index in [0.29, 0.717) is 28.5 Å². The maximum absolute atomic E-state index is 15.0. The molecule has 1 saturated heterocycles. The Balaban J connectivity index is 1.28. The normalized spacial score (nSPS) is 17.2. The van der Waals surface area contributed by atoms with Crippen molar-refractivity contribution in [2.75, 3.05) is 36.4 Å². The number of imidazole rings is 1. The largest absolute Gasteiger partial charge is 0.368 e. The Kier molecular flexibility index (Phi) is 4.95. The van der Waals surface area contributed by atoms with Crippen molar-refractivity contribution in [3.05, 3.63) is 54.4 Å². The maximum atomic E-state index is 15.0. The summed E-state index contributed by atoms with van der Waals surface area (Å²) in [5.41, 5.74) is 3.58. The highest BCUT2D eigenvalue weighted by Gasteiger charge is 2.33. The van der Waals surface area contributed by atoms with Crippen molar-refractivity contribution in [3.63, 3.8) is 0 Å². The number of hydrogen-bond donors (Lipinski definition) is 2. The first kappa shape index (κ1) is 21.0. The summed E-state index contributed by atoms with van der Waals surface area (Å²) in [4.78, 5) is 20.4. The summed E-state index contributed by atoms with van der Waals surface area (Å²) in [6.45, 7) is 8.24. The van der Waals surface area contributed by atoms with Gasteiger partial charge < -0.3 is 20.1 Å². The molecule has 1 aromatic carbocycles. The molecule has 4 aromatic rings. The Hall–Kier alpha value is -3.59. The Morgan fingerprint density at radius 3 is 2.71 bits per heavy atom. The van der Waals surface area contributed by atoms with E-state index in [0.717, 1.165) is 56.0 Å². The lowest BCUT2D eigenvalue weighted by Crippen LogP contribution is -2.43. The molecule has 0 amide bonds. The number of anilines is 3. The van der Waals surface area contributed by atoms with Crippen LogP contribution in [0.2, 0.25) is 0 Å². The topological polar surface area (TPSA) is 83.8 Å². The Morgan fingerprint density at radius 2 is 1.91 bits per heavy atom. The molecule has 34 heavy (non-hydrogen) atoms. The first-order chi connectivity index (χ1) is 16.5. The molecule has 0 unspecified atom stereocenters. The third kappa shape index (κ3) is 3.66. The summed E-state index contributed by atoms with van der Waals surface area (Å²) < 4.78 is 17.2. The van der Waals surface area contributed by atoms with Gasteiger partial charge in [-0.25, -0.2) is 24.3 Å². The second-order valence-electron chi connectivity index (χ2n) is 9.53. The zero-order valence-electron chi connectivity index (χ0n) is 19.3. The average Bonchev–Trinajstić information content (AvgIpc) is 3.38. The third-order valence-corrected chi connectivity index (χ3v) is 6.77. The van der Waals surface area contributed by atoms with Crippen LogP contribution in [0, 0.1) is 5.82 Å². The third-order valence-electron chi connectivity index (χ3n) is 6.77. The molecule has 0 spiro atoms. The van der Waals surface area contributed by atoms with Crippen LogP contribution in [0.3, 0.4) is 0 Å². The maximum Gasteiger partial charge on any atom is 0.228 e. The quantitative estimate of drug-likeness (QED) is 0.480. The standard InChI is InChI=1S/C25H27FN8/c1-25(2)7-5-22-32-23-18(26)13-16(14-20(23)34(22)25)19-6-8-28-24(30-19)31-21-4-3-17(15-29-21)33-11-9-27-10-12-33/h3-4,6,8,13-15,27H,5,7,9-12H2,1-2H3,(H,28,29,30,31). The van der Waals surface area contributed by atoms with Crippen LogP contribution in [-0.2, 0) is 12.0 Å². The fourth-order valence-electron chi connectivity index (χ4n) is 4.97. The minimum atomic E-state index is -0.330. The lowest BCUT2D eigenvalue weighted by Gasteiger charge is -2.29. The van der Waals surface area contributed by atoms with Crippen molar-refractivity contribution in [2.45, 2.75) is 32.2 Å². The van der Waals surface area contributed by atoms with Gasteiger partial charge in [-0.1, -0.05) is 0 Å². The molecule has 0 bridgehead atoms. The van der Waals surface area contributed by atoms with Crippen molar-refractivity contribution < 1.29 is 4.39 Å². The number of piperazine rings is 1. The van der Waals surface area contributed by atoms with Gasteiger partial charge in [0.05, 0.1) is 23.1 Å². The fraction of sp³-hybridized carbons (Fsp3) is 0.360. The van der Waals surface area contributed by atoms with Crippen LogP contribution in [0.15, 0.2) is 42.7 Å². The first-order valence-electron chi connectivity index (χ1n) is 11.7. The number of halogens is 1. The van der Waals surface area contributed by atoms with Crippen LogP contribution in [0.5, 0.6) is 0 Å².